The molecular formula is C10H18N2O4S. The third-order valence-corrected chi connectivity index (χ3v) is 4.27. The van der Waals surface area contributed by atoms with Crippen LogP contribution >= 0.6 is 11.8 Å². The number of fused-ring (bicyclic) bond motifs is 1. The minimum Gasteiger partial charge on any atom is -0.390 e. The summed E-state index contributed by atoms with van der Waals surface area (Å²) in [5.41, 5.74) is -0.345. The van der Waals surface area contributed by atoms with Crippen LogP contribution in [0.4, 0.5) is 0 Å². The van der Waals surface area contributed by atoms with Gasteiger partial charge < -0.3 is 25.4 Å². The molecule has 6 atom stereocenters. The first-order valence-corrected chi connectivity index (χ1v) is 6.58. The lowest BCUT2D eigenvalue weighted by Gasteiger charge is -2.40. The quantitative estimate of drug-likeness (QED) is 0.504. The van der Waals surface area contributed by atoms with Crippen molar-refractivity contribution in [3.8, 4) is 0 Å². The van der Waals surface area contributed by atoms with Gasteiger partial charge in [-0.3, -0.25) is 4.99 Å². The average molecular weight is 262 g/mol. The summed E-state index contributed by atoms with van der Waals surface area (Å²) in [6.45, 7) is 1.80. The Labute approximate surface area is 104 Å². The lowest BCUT2D eigenvalue weighted by Crippen LogP contribution is -2.58. The summed E-state index contributed by atoms with van der Waals surface area (Å²) >= 11 is 1.37. The van der Waals surface area contributed by atoms with Gasteiger partial charge in [-0.05, 0) is 6.42 Å². The maximum atomic E-state index is 9.99. The number of rotatable bonds is 2. The summed E-state index contributed by atoms with van der Waals surface area (Å²) in [5.74, 6) is 0. The van der Waals surface area contributed by atoms with Crippen LogP contribution in [0.1, 0.15) is 13.3 Å². The second kappa shape index (κ2) is 5.11. The van der Waals surface area contributed by atoms with Crippen LogP contribution in [0.2, 0.25) is 0 Å². The molecule has 1 saturated heterocycles. The highest BCUT2D eigenvalue weighted by molar-refractivity contribution is 8.14. The van der Waals surface area contributed by atoms with Gasteiger partial charge in [0.1, 0.15) is 29.8 Å². The summed E-state index contributed by atoms with van der Waals surface area (Å²) in [7, 11) is 1.74. The second-order valence-electron chi connectivity index (χ2n) is 4.22. The molecule has 2 aliphatic rings. The molecule has 0 amide bonds. The molecule has 6 nitrogen and oxygen atoms in total. The average Bonchev–Trinajstić information content (AvgIpc) is 2.76. The maximum Gasteiger partial charge on any atom is 0.159 e. The summed E-state index contributed by atoms with van der Waals surface area (Å²) in [5, 5.41) is 33.2. The van der Waals surface area contributed by atoms with Crippen LogP contribution in [-0.4, -0.2) is 63.4 Å². The van der Waals surface area contributed by atoms with Crippen LogP contribution in [0.25, 0.3) is 0 Å². The predicted octanol–water partition coefficient (Wildman–Crippen LogP) is -1.11. The van der Waals surface area contributed by atoms with Gasteiger partial charge in [0.05, 0.1) is 6.10 Å². The van der Waals surface area contributed by atoms with Crippen molar-refractivity contribution >= 4 is 16.9 Å². The molecule has 0 radical (unpaired) electrons. The zero-order chi connectivity index (χ0) is 12.6. The van der Waals surface area contributed by atoms with E-state index in [1.54, 1.807) is 14.0 Å². The highest BCUT2D eigenvalue weighted by Crippen LogP contribution is 2.36. The number of hydrogen-bond donors (Lipinski definition) is 4. The van der Waals surface area contributed by atoms with Crippen LogP contribution < -0.4 is 5.32 Å². The molecule has 0 aromatic rings. The fourth-order valence-electron chi connectivity index (χ4n) is 2.06. The number of amidine groups is 1. The van der Waals surface area contributed by atoms with Crippen molar-refractivity contribution in [2.24, 2.45) is 4.99 Å². The number of thioether (sulfide) groups is 1. The third-order valence-electron chi connectivity index (χ3n) is 3.11. The van der Waals surface area contributed by atoms with Gasteiger partial charge in [0.15, 0.2) is 5.17 Å². The van der Waals surface area contributed by atoms with Gasteiger partial charge in [-0.1, -0.05) is 18.7 Å². The normalized spacial score (nSPS) is 42.9. The summed E-state index contributed by atoms with van der Waals surface area (Å²) in [6, 6.07) is -0.474. The molecule has 0 saturated carbocycles. The van der Waals surface area contributed by atoms with Crippen molar-refractivity contribution in [3.63, 3.8) is 0 Å². The fourth-order valence-corrected chi connectivity index (χ4v) is 3.12. The van der Waals surface area contributed by atoms with Crippen LogP contribution in [0.3, 0.4) is 0 Å². The molecule has 1 fully saturated rings. The van der Waals surface area contributed by atoms with Crippen molar-refractivity contribution in [3.05, 3.63) is 0 Å². The molecule has 0 aromatic carbocycles. The van der Waals surface area contributed by atoms with E-state index in [9.17, 15) is 15.3 Å². The predicted molar refractivity (Wildman–Crippen MR) is 64.8 cm³/mol. The van der Waals surface area contributed by atoms with E-state index >= 15 is 0 Å². The first kappa shape index (κ1) is 13.1. The lowest BCUT2D eigenvalue weighted by atomic mass is 9.94. The van der Waals surface area contributed by atoms with Crippen molar-refractivity contribution < 1.29 is 20.1 Å². The molecule has 2 rings (SSSR count). The summed E-state index contributed by atoms with van der Waals surface area (Å²) in [4.78, 5) is 4.23. The molecule has 98 valence electrons. The van der Waals surface area contributed by atoms with Crippen molar-refractivity contribution in [2.75, 3.05) is 7.05 Å². The molecule has 17 heavy (non-hydrogen) atoms. The van der Waals surface area contributed by atoms with Crippen LogP contribution in [0.5, 0.6) is 0 Å². The molecule has 0 bridgehead atoms. The first-order chi connectivity index (χ1) is 8.08. The van der Waals surface area contributed by atoms with E-state index in [1.807, 2.05) is 0 Å². The maximum absolute atomic E-state index is 9.99. The number of aliphatic imine (C=N–C) groups is 1. The van der Waals surface area contributed by atoms with E-state index in [-0.39, 0.29) is 5.44 Å². The Morgan fingerprint density at radius 2 is 2.18 bits per heavy atom. The number of aliphatic hydroxyl groups excluding tert-OH is 3. The molecule has 1 unspecified atom stereocenters. The molecule has 7 heteroatoms. The van der Waals surface area contributed by atoms with E-state index in [0.29, 0.717) is 11.6 Å². The van der Waals surface area contributed by atoms with E-state index < -0.39 is 30.5 Å². The highest BCUT2D eigenvalue weighted by Gasteiger charge is 2.49. The zero-order valence-corrected chi connectivity index (χ0v) is 10.6. The molecule has 2 aliphatic heterocycles. The number of aliphatic hydroxyl groups is 3. The molecule has 0 aromatic heterocycles. The van der Waals surface area contributed by atoms with Gasteiger partial charge in [-0.2, -0.15) is 0 Å². The molecule has 4 N–H and O–H groups in total. The monoisotopic (exact) mass is 262 g/mol. The highest BCUT2D eigenvalue weighted by atomic mass is 32.2. The smallest absolute Gasteiger partial charge is 0.159 e. The SMILES string of the molecule is CCC(O)[C@H]1O[C@@H]2SC(NC)=N[C@@H]2[C@@H](O)[C@@H]1O. The van der Waals surface area contributed by atoms with Gasteiger partial charge in [-0.25, -0.2) is 0 Å². The second-order valence-corrected chi connectivity index (χ2v) is 5.31. The van der Waals surface area contributed by atoms with E-state index in [2.05, 4.69) is 10.3 Å². The molecule has 0 aliphatic carbocycles. The van der Waals surface area contributed by atoms with Gasteiger partial charge in [0.25, 0.3) is 0 Å². The summed E-state index contributed by atoms with van der Waals surface area (Å²) < 4.78 is 5.63. The Morgan fingerprint density at radius 3 is 2.76 bits per heavy atom. The van der Waals surface area contributed by atoms with Crippen molar-refractivity contribution in [2.45, 2.75) is 49.2 Å². The van der Waals surface area contributed by atoms with Crippen LogP contribution in [0, 0.1) is 0 Å². The first-order valence-electron chi connectivity index (χ1n) is 5.70. The minimum absolute atomic E-state index is 0.345. The Bertz CT molecular complexity index is 315. The van der Waals surface area contributed by atoms with Crippen molar-refractivity contribution in [1.29, 1.82) is 0 Å². The van der Waals surface area contributed by atoms with E-state index in [0.717, 1.165) is 0 Å². The Kier molecular flexibility index (Phi) is 3.94. The molecular weight excluding hydrogens is 244 g/mol. The van der Waals surface area contributed by atoms with Gasteiger partial charge in [0.2, 0.25) is 0 Å². The number of ether oxygens (including phenoxy) is 1. The minimum atomic E-state index is -1.10. The Hall–Kier alpha value is -0.340. The lowest BCUT2D eigenvalue weighted by molar-refractivity contribution is -0.185. The Morgan fingerprint density at radius 1 is 1.47 bits per heavy atom. The van der Waals surface area contributed by atoms with Crippen LogP contribution in [0.15, 0.2) is 4.99 Å². The Balaban J connectivity index is 2.12. The molecule has 2 heterocycles. The van der Waals surface area contributed by atoms with Crippen molar-refractivity contribution in [1.82, 2.24) is 5.32 Å². The van der Waals surface area contributed by atoms with Gasteiger partial charge in [-0.15, -0.1) is 0 Å². The summed E-state index contributed by atoms with van der Waals surface area (Å²) in [6.07, 6.45) is -3.17. The van der Waals surface area contributed by atoms with Gasteiger partial charge in [0, 0.05) is 7.05 Å². The standard InChI is InChI=1S/C10H18N2O4S/c1-3-4(13)8-7(15)6(14)5-9(16-8)17-10(11-2)12-5/h4-9,13-15H,3H2,1-2H3,(H,11,12)/t4?,5-,6-,7+,8-,9-/m1/s1. The largest absolute Gasteiger partial charge is 0.390 e. The fraction of sp³-hybridized carbons (Fsp3) is 0.900. The van der Waals surface area contributed by atoms with Crippen LogP contribution in [-0.2, 0) is 4.74 Å². The zero-order valence-electron chi connectivity index (χ0n) is 9.78. The third kappa shape index (κ3) is 2.30. The van der Waals surface area contributed by atoms with Gasteiger partial charge >= 0.3 is 0 Å². The van der Waals surface area contributed by atoms with E-state index in [1.165, 1.54) is 11.8 Å². The number of nitrogens with one attached hydrogen (secondary N) is 1. The number of hydrogen-bond acceptors (Lipinski definition) is 7. The van der Waals surface area contributed by atoms with E-state index in [4.69, 9.17) is 4.74 Å². The number of nitrogens with zero attached hydrogens (tertiary/aromatic N) is 1. The topological polar surface area (TPSA) is 94.3 Å². The molecule has 0 spiro atoms.